The lowest BCUT2D eigenvalue weighted by molar-refractivity contribution is -0.384. The number of hydrogen-bond donors (Lipinski definition) is 2. The second kappa shape index (κ2) is 7.48. The first-order chi connectivity index (χ1) is 13.0. The Balaban J connectivity index is 1.75. The molecule has 0 radical (unpaired) electrons. The number of aromatic hydroxyl groups is 1. The first kappa shape index (κ1) is 17.8. The van der Waals surface area contributed by atoms with Crippen LogP contribution in [-0.2, 0) is 0 Å². The lowest BCUT2D eigenvalue weighted by Crippen LogP contribution is -2.17. The molecule has 1 heterocycles. The topological polar surface area (TPSA) is 118 Å². The number of phenols is 1. The van der Waals surface area contributed by atoms with Gasteiger partial charge in [0, 0.05) is 0 Å². The zero-order chi connectivity index (χ0) is 19.4. The monoisotopic (exact) mass is 369 g/mol. The summed E-state index contributed by atoms with van der Waals surface area (Å²) in [5, 5.41) is 24.4. The number of benzene rings is 2. The maximum absolute atomic E-state index is 13.2. The van der Waals surface area contributed by atoms with E-state index in [1.807, 2.05) is 0 Å². The minimum absolute atomic E-state index is 0.0525. The number of rotatable bonds is 5. The minimum Gasteiger partial charge on any atom is -0.507 e. The molecule has 0 saturated carbocycles. The van der Waals surface area contributed by atoms with E-state index in [0.29, 0.717) is 0 Å². The zero-order valence-corrected chi connectivity index (χ0v) is 13.6. The van der Waals surface area contributed by atoms with Crippen molar-refractivity contribution in [1.82, 2.24) is 5.43 Å². The predicted molar refractivity (Wildman–Crippen MR) is 93.9 cm³/mol. The van der Waals surface area contributed by atoms with E-state index in [4.69, 9.17) is 4.42 Å². The normalized spacial score (nSPS) is 10.9. The predicted octanol–water partition coefficient (Wildman–Crippen LogP) is 3.46. The molecule has 0 aliphatic heterocycles. The number of nitro groups is 1. The fourth-order valence-corrected chi connectivity index (χ4v) is 2.31. The fraction of sp³-hybridized carbons (Fsp3) is 0. The van der Waals surface area contributed by atoms with Gasteiger partial charge in [0.2, 0.25) is 0 Å². The third-order valence-electron chi connectivity index (χ3n) is 3.56. The molecule has 3 rings (SSSR count). The quantitative estimate of drug-likeness (QED) is 0.406. The molecule has 1 aromatic heterocycles. The van der Waals surface area contributed by atoms with Gasteiger partial charge in [-0.1, -0.05) is 12.1 Å². The maximum Gasteiger partial charge on any atom is 0.283 e. The Morgan fingerprint density at radius 1 is 1.22 bits per heavy atom. The number of nitrogens with zero attached hydrogens (tertiary/aromatic N) is 2. The minimum atomic E-state index is -0.731. The molecule has 8 nitrogen and oxygen atoms in total. The highest BCUT2D eigenvalue weighted by atomic mass is 19.1. The highest BCUT2D eigenvalue weighted by molar-refractivity contribution is 5.97. The summed E-state index contributed by atoms with van der Waals surface area (Å²) in [5.41, 5.74) is 1.96. The molecule has 0 atom stereocenters. The number of nitrogens with one attached hydrogen (secondary N) is 1. The van der Waals surface area contributed by atoms with E-state index in [-0.39, 0.29) is 28.4 Å². The van der Waals surface area contributed by atoms with Gasteiger partial charge in [0.05, 0.1) is 28.3 Å². The van der Waals surface area contributed by atoms with Crippen LogP contribution in [0.25, 0.3) is 11.3 Å². The van der Waals surface area contributed by atoms with Crippen LogP contribution in [-0.4, -0.2) is 22.2 Å². The van der Waals surface area contributed by atoms with Crippen molar-refractivity contribution in [2.75, 3.05) is 0 Å². The average molecular weight is 369 g/mol. The van der Waals surface area contributed by atoms with E-state index in [1.54, 1.807) is 12.1 Å². The fourth-order valence-electron chi connectivity index (χ4n) is 2.31. The van der Waals surface area contributed by atoms with Crippen molar-refractivity contribution in [3.05, 3.63) is 81.9 Å². The van der Waals surface area contributed by atoms with Crippen molar-refractivity contribution in [2.45, 2.75) is 0 Å². The van der Waals surface area contributed by atoms with Gasteiger partial charge in [-0.15, -0.1) is 0 Å². The van der Waals surface area contributed by atoms with E-state index in [2.05, 4.69) is 10.5 Å². The summed E-state index contributed by atoms with van der Waals surface area (Å²) in [5.74, 6) is -1.18. The molecule has 2 N–H and O–H groups in total. The number of phenolic OH excluding ortho intramolecular Hbond substituents is 1. The number of para-hydroxylation sites is 1. The second-order valence-corrected chi connectivity index (χ2v) is 5.34. The summed E-state index contributed by atoms with van der Waals surface area (Å²) in [6.45, 7) is 0. The Bertz CT molecular complexity index is 1040. The van der Waals surface area contributed by atoms with E-state index in [1.165, 1.54) is 36.5 Å². The summed E-state index contributed by atoms with van der Waals surface area (Å²) in [7, 11) is 0. The molecular weight excluding hydrogens is 357 g/mol. The molecular formula is C18H12FN3O5. The molecule has 1 amide bonds. The SMILES string of the molecule is O=C(NN=Cc1ccc(-c2ccc(F)cc2[N+](=O)[O-])o1)c1ccccc1O. The number of nitro benzene ring substituents is 1. The Kier molecular flexibility index (Phi) is 4.93. The first-order valence-corrected chi connectivity index (χ1v) is 7.61. The standard InChI is InChI=1S/C18H12FN3O5/c19-11-5-7-13(15(9-11)22(25)26)17-8-6-12(27-17)10-20-21-18(24)14-3-1-2-4-16(14)23/h1-10,23H,(H,21,24). The van der Waals surface area contributed by atoms with Crippen LogP contribution in [0.1, 0.15) is 16.1 Å². The van der Waals surface area contributed by atoms with Crippen LogP contribution in [0.5, 0.6) is 5.75 Å². The Morgan fingerprint density at radius 3 is 2.74 bits per heavy atom. The number of halogens is 1. The van der Waals surface area contributed by atoms with Crippen molar-refractivity contribution in [2.24, 2.45) is 5.10 Å². The second-order valence-electron chi connectivity index (χ2n) is 5.34. The van der Waals surface area contributed by atoms with Crippen molar-refractivity contribution in [3.8, 4) is 17.1 Å². The number of carbonyl (C=O) groups is 1. The van der Waals surface area contributed by atoms with Gasteiger partial charge in [-0.2, -0.15) is 5.10 Å². The molecule has 0 unspecified atom stereocenters. The molecule has 27 heavy (non-hydrogen) atoms. The number of hydrogen-bond acceptors (Lipinski definition) is 6. The third-order valence-corrected chi connectivity index (χ3v) is 3.56. The van der Waals surface area contributed by atoms with E-state index < -0.39 is 22.3 Å². The molecule has 2 aromatic carbocycles. The molecule has 3 aromatic rings. The van der Waals surface area contributed by atoms with Crippen LogP contribution in [0.15, 0.2) is 64.1 Å². The lowest BCUT2D eigenvalue weighted by Gasteiger charge is -2.01. The van der Waals surface area contributed by atoms with Crippen LogP contribution in [0.3, 0.4) is 0 Å². The molecule has 0 fully saturated rings. The smallest absolute Gasteiger partial charge is 0.283 e. The van der Waals surface area contributed by atoms with Crippen molar-refractivity contribution < 1.29 is 23.6 Å². The Hall–Kier alpha value is -4.01. The Labute approximate surface area is 151 Å². The maximum atomic E-state index is 13.2. The van der Waals surface area contributed by atoms with Crippen LogP contribution in [0.2, 0.25) is 0 Å². The van der Waals surface area contributed by atoms with Gasteiger partial charge in [-0.3, -0.25) is 14.9 Å². The molecule has 0 saturated heterocycles. The van der Waals surface area contributed by atoms with Gasteiger partial charge in [0.15, 0.2) is 0 Å². The van der Waals surface area contributed by atoms with Gasteiger partial charge < -0.3 is 9.52 Å². The average Bonchev–Trinajstić information content (AvgIpc) is 3.10. The van der Waals surface area contributed by atoms with E-state index >= 15 is 0 Å². The van der Waals surface area contributed by atoms with Crippen LogP contribution in [0, 0.1) is 15.9 Å². The summed E-state index contributed by atoms with van der Waals surface area (Å²) >= 11 is 0. The van der Waals surface area contributed by atoms with Gasteiger partial charge in [0.1, 0.15) is 23.1 Å². The highest BCUT2D eigenvalue weighted by Gasteiger charge is 2.19. The zero-order valence-electron chi connectivity index (χ0n) is 13.6. The summed E-state index contributed by atoms with van der Waals surface area (Å²) in [4.78, 5) is 22.3. The number of carbonyl (C=O) groups excluding carboxylic acids is 1. The molecule has 0 aliphatic carbocycles. The number of amides is 1. The summed E-state index contributed by atoms with van der Waals surface area (Å²) in [6.07, 6.45) is 1.19. The van der Waals surface area contributed by atoms with Gasteiger partial charge in [0.25, 0.3) is 11.6 Å². The van der Waals surface area contributed by atoms with Gasteiger partial charge >= 0.3 is 0 Å². The van der Waals surface area contributed by atoms with Crippen LogP contribution < -0.4 is 5.43 Å². The largest absolute Gasteiger partial charge is 0.507 e. The van der Waals surface area contributed by atoms with Gasteiger partial charge in [-0.25, -0.2) is 9.82 Å². The molecule has 0 aliphatic rings. The Morgan fingerprint density at radius 2 is 2.00 bits per heavy atom. The first-order valence-electron chi connectivity index (χ1n) is 7.61. The van der Waals surface area contributed by atoms with Gasteiger partial charge in [-0.05, 0) is 36.4 Å². The van der Waals surface area contributed by atoms with Crippen molar-refractivity contribution in [1.29, 1.82) is 0 Å². The summed E-state index contributed by atoms with van der Waals surface area (Å²) < 4.78 is 18.7. The van der Waals surface area contributed by atoms with Crippen LogP contribution >= 0.6 is 0 Å². The summed E-state index contributed by atoms with van der Waals surface area (Å²) in [6, 6.07) is 12.0. The van der Waals surface area contributed by atoms with Crippen molar-refractivity contribution >= 4 is 17.8 Å². The number of hydrazone groups is 1. The molecule has 9 heteroatoms. The molecule has 0 spiro atoms. The van der Waals surface area contributed by atoms with E-state index in [0.717, 1.165) is 12.1 Å². The highest BCUT2D eigenvalue weighted by Crippen LogP contribution is 2.31. The molecule has 0 bridgehead atoms. The van der Waals surface area contributed by atoms with Crippen molar-refractivity contribution in [3.63, 3.8) is 0 Å². The number of furan rings is 1. The third kappa shape index (κ3) is 3.98. The van der Waals surface area contributed by atoms with E-state index in [9.17, 15) is 24.4 Å². The lowest BCUT2D eigenvalue weighted by atomic mass is 10.1. The van der Waals surface area contributed by atoms with Crippen LogP contribution in [0.4, 0.5) is 10.1 Å². The molecule has 136 valence electrons.